The van der Waals surface area contributed by atoms with Crippen LogP contribution in [0.25, 0.3) is 0 Å². The maximum Gasteiger partial charge on any atom is 0.119 e. The molecule has 0 amide bonds. The first-order valence-electron chi connectivity index (χ1n) is 8.88. The summed E-state index contributed by atoms with van der Waals surface area (Å²) in [6.07, 6.45) is 9.94. The van der Waals surface area contributed by atoms with Gasteiger partial charge in [-0.15, -0.1) is 0 Å². The Morgan fingerprint density at radius 2 is 2.00 bits per heavy atom. The Balaban J connectivity index is 1.68. The van der Waals surface area contributed by atoms with Crippen LogP contribution in [0.15, 0.2) is 23.7 Å². The van der Waals surface area contributed by atoms with E-state index >= 15 is 0 Å². The average Bonchev–Trinajstić information content (AvgIpc) is 2.72. The van der Waals surface area contributed by atoms with Crippen molar-refractivity contribution in [3.8, 4) is 0 Å². The number of rotatable bonds is 0. The molecule has 22 heavy (non-hydrogen) atoms. The SMILES string of the molecule is C[C@]12C=C[C@H](O)C[C@H]1CC[C@@H]1[C@@H]2CC[C@]2(C)C(N)=C(F)C[C@@H]12. The fourth-order valence-electron chi connectivity index (χ4n) is 6.43. The molecule has 0 heterocycles. The zero-order chi connectivity index (χ0) is 15.7. The van der Waals surface area contributed by atoms with Crippen molar-refractivity contribution in [2.75, 3.05) is 0 Å². The van der Waals surface area contributed by atoms with Gasteiger partial charge in [0.2, 0.25) is 0 Å². The molecular weight excluding hydrogens is 277 g/mol. The molecule has 4 rings (SSSR count). The number of hydrogen-bond acceptors (Lipinski definition) is 2. The number of aliphatic hydroxyl groups is 1. The number of nitrogens with two attached hydrogens (primary N) is 1. The summed E-state index contributed by atoms with van der Waals surface area (Å²) < 4.78 is 14.2. The van der Waals surface area contributed by atoms with Gasteiger partial charge in [0.1, 0.15) is 5.83 Å². The number of aliphatic hydroxyl groups excluding tert-OH is 1. The van der Waals surface area contributed by atoms with Crippen LogP contribution in [0.5, 0.6) is 0 Å². The zero-order valence-electron chi connectivity index (χ0n) is 13.7. The highest BCUT2D eigenvalue weighted by atomic mass is 19.1. The number of hydrogen-bond donors (Lipinski definition) is 2. The molecule has 0 aromatic heterocycles. The molecule has 2 nitrogen and oxygen atoms in total. The largest absolute Gasteiger partial charge is 0.400 e. The molecule has 0 aliphatic heterocycles. The lowest BCUT2D eigenvalue weighted by Gasteiger charge is -2.58. The monoisotopic (exact) mass is 305 g/mol. The standard InChI is InChI=1S/C19H28FNO/c1-18-7-5-12(22)9-11(18)3-4-13-14(18)6-8-19(2)15(13)10-16(20)17(19)21/h5,7,11-15,22H,3-4,6,8-10,21H2,1-2H3/t11-,12+,13-,14+,15+,18+,19+/m1/s1. The van der Waals surface area contributed by atoms with E-state index < -0.39 is 0 Å². The zero-order valence-corrected chi connectivity index (χ0v) is 13.7. The lowest BCUT2D eigenvalue weighted by atomic mass is 9.46. The summed E-state index contributed by atoms with van der Waals surface area (Å²) in [6, 6.07) is 0. The second-order valence-corrected chi connectivity index (χ2v) is 8.66. The highest BCUT2D eigenvalue weighted by Gasteiger charge is 2.58. The number of fused-ring (bicyclic) bond motifs is 5. The van der Waals surface area contributed by atoms with Crippen LogP contribution in [-0.2, 0) is 0 Å². The van der Waals surface area contributed by atoms with E-state index in [2.05, 4.69) is 19.9 Å². The predicted octanol–water partition coefficient (Wildman–Crippen LogP) is 3.92. The molecule has 0 saturated heterocycles. The van der Waals surface area contributed by atoms with Gasteiger partial charge < -0.3 is 10.8 Å². The van der Waals surface area contributed by atoms with Gasteiger partial charge in [-0.2, -0.15) is 0 Å². The maximum absolute atomic E-state index is 14.2. The first kappa shape index (κ1) is 14.7. The highest BCUT2D eigenvalue weighted by Crippen LogP contribution is 2.65. The third-order valence-electron chi connectivity index (χ3n) is 7.86. The molecule has 3 N–H and O–H groups in total. The Hall–Kier alpha value is -0.830. The fourth-order valence-corrected chi connectivity index (χ4v) is 6.43. The summed E-state index contributed by atoms with van der Waals surface area (Å²) in [4.78, 5) is 0. The molecule has 0 bridgehead atoms. The first-order valence-corrected chi connectivity index (χ1v) is 8.88. The number of halogens is 1. The van der Waals surface area contributed by atoms with E-state index in [9.17, 15) is 9.50 Å². The van der Waals surface area contributed by atoms with Crippen LogP contribution in [-0.4, -0.2) is 11.2 Å². The van der Waals surface area contributed by atoms with Crippen LogP contribution < -0.4 is 5.73 Å². The van der Waals surface area contributed by atoms with Crippen molar-refractivity contribution in [1.29, 1.82) is 0 Å². The van der Waals surface area contributed by atoms with Gasteiger partial charge >= 0.3 is 0 Å². The first-order chi connectivity index (χ1) is 10.4. The van der Waals surface area contributed by atoms with Crippen LogP contribution in [0.2, 0.25) is 0 Å². The van der Waals surface area contributed by atoms with Crippen molar-refractivity contribution in [1.82, 2.24) is 0 Å². The van der Waals surface area contributed by atoms with Gasteiger partial charge in [0.15, 0.2) is 0 Å². The Bertz CT molecular complexity index is 556. The second-order valence-electron chi connectivity index (χ2n) is 8.66. The fraction of sp³-hybridized carbons (Fsp3) is 0.789. The van der Waals surface area contributed by atoms with Gasteiger partial charge in [-0.25, -0.2) is 4.39 Å². The highest BCUT2D eigenvalue weighted by molar-refractivity contribution is 5.27. The summed E-state index contributed by atoms with van der Waals surface area (Å²) in [6.45, 7) is 4.56. The van der Waals surface area contributed by atoms with E-state index in [1.807, 2.05) is 6.08 Å². The van der Waals surface area contributed by atoms with Crippen molar-refractivity contribution in [3.63, 3.8) is 0 Å². The average molecular weight is 305 g/mol. The van der Waals surface area contributed by atoms with E-state index in [1.54, 1.807) is 0 Å². The molecule has 0 radical (unpaired) electrons. The molecule has 0 spiro atoms. The van der Waals surface area contributed by atoms with Crippen LogP contribution in [0.3, 0.4) is 0 Å². The van der Waals surface area contributed by atoms with Crippen molar-refractivity contribution in [3.05, 3.63) is 23.7 Å². The van der Waals surface area contributed by atoms with E-state index in [-0.39, 0.29) is 22.8 Å². The van der Waals surface area contributed by atoms with E-state index in [0.29, 0.717) is 35.8 Å². The van der Waals surface area contributed by atoms with Gasteiger partial charge in [-0.3, -0.25) is 0 Å². The lowest BCUT2D eigenvalue weighted by molar-refractivity contribution is -0.0717. The summed E-state index contributed by atoms with van der Waals surface area (Å²) in [5.74, 6) is 2.10. The minimum absolute atomic E-state index is 0.0463. The van der Waals surface area contributed by atoms with Crippen molar-refractivity contribution >= 4 is 0 Å². The van der Waals surface area contributed by atoms with E-state index in [4.69, 9.17) is 5.73 Å². The van der Waals surface area contributed by atoms with Gasteiger partial charge in [0.05, 0.1) is 6.10 Å². The Kier molecular flexibility index (Phi) is 3.08. The topological polar surface area (TPSA) is 46.2 Å². The summed E-state index contributed by atoms with van der Waals surface area (Å²) in [5, 5.41) is 9.96. The minimum Gasteiger partial charge on any atom is -0.400 e. The Morgan fingerprint density at radius 3 is 2.77 bits per heavy atom. The summed E-state index contributed by atoms with van der Waals surface area (Å²) >= 11 is 0. The van der Waals surface area contributed by atoms with Crippen molar-refractivity contribution in [2.24, 2.45) is 40.2 Å². The van der Waals surface area contributed by atoms with Gasteiger partial charge in [-0.1, -0.05) is 26.0 Å². The normalized spacial score (nSPS) is 53.9. The molecule has 0 unspecified atom stereocenters. The molecule has 7 atom stereocenters. The van der Waals surface area contributed by atoms with E-state index in [0.717, 1.165) is 25.7 Å². The molecule has 122 valence electrons. The van der Waals surface area contributed by atoms with Gasteiger partial charge in [-0.05, 0) is 61.2 Å². The van der Waals surface area contributed by atoms with Crippen LogP contribution in [0.1, 0.15) is 52.4 Å². The third kappa shape index (κ3) is 1.75. The molecule has 0 aromatic carbocycles. The minimum atomic E-state index is -0.273. The van der Waals surface area contributed by atoms with Gasteiger partial charge in [0.25, 0.3) is 0 Å². The van der Waals surface area contributed by atoms with Crippen LogP contribution in [0, 0.1) is 34.5 Å². The lowest BCUT2D eigenvalue weighted by Crippen LogP contribution is -2.52. The molecule has 0 aromatic rings. The van der Waals surface area contributed by atoms with Crippen molar-refractivity contribution < 1.29 is 9.50 Å². The maximum atomic E-state index is 14.2. The quantitative estimate of drug-likeness (QED) is 0.666. The van der Waals surface area contributed by atoms with Crippen LogP contribution in [0.4, 0.5) is 4.39 Å². The molecule has 2 saturated carbocycles. The molecular formula is C19H28FNO. The summed E-state index contributed by atoms with van der Waals surface area (Å²) in [5.41, 5.74) is 6.73. The Labute approximate surface area is 132 Å². The van der Waals surface area contributed by atoms with Crippen molar-refractivity contribution in [2.45, 2.75) is 58.5 Å². The smallest absolute Gasteiger partial charge is 0.119 e. The third-order valence-corrected chi connectivity index (χ3v) is 7.86. The number of allylic oxidation sites excluding steroid dienone is 3. The molecule has 4 aliphatic rings. The molecule has 3 heteroatoms. The second kappa shape index (κ2) is 4.59. The predicted molar refractivity (Wildman–Crippen MR) is 85.3 cm³/mol. The van der Waals surface area contributed by atoms with Crippen LogP contribution >= 0.6 is 0 Å². The van der Waals surface area contributed by atoms with Gasteiger partial charge in [0, 0.05) is 17.5 Å². The van der Waals surface area contributed by atoms with E-state index in [1.165, 1.54) is 6.42 Å². The Morgan fingerprint density at radius 1 is 1.23 bits per heavy atom. The summed E-state index contributed by atoms with van der Waals surface area (Å²) in [7, 11) is 0. The molecule has 4 aliphatic carbocycles. The molecule has 2 fully saturated rings.